The molecule has 1 saturated carbocycles. The maximum atomic E-state index is 10.6. The summed E-state index contributed by atoms with van der Waals surface area (Å²) in [6, 6.07) is 4.16. The number of benzene rings is 1. The second-order valence-corrected chi connectivity index (χ2v) is 6.39. The van der Waals surface area contributed by atoms with Gasteiger partial charge in [-0.2, -0.15) is 0 Å². The molecule has 0 saturated heterocycles. The van der Waals surface area contributed by atoms with Crippen molar-refractivity contribution in [3.63, 3.8) is 0 Å². The molecule has 0 aromatic heterocycles. The van der Waals surface area contributed by atoms with E-state index in [0.717, 1.165) is 24.0 Å². The molecule has 0 bridgehead atoms. The molecule has 1 aliphatic carbocycles. The van der Waals surface area contributed by atoms with Crippen LogP contribution in [0.1, 0.15) is 50.3 Å². The number of aromatic hydroxyl groups is 1. The van der Waals surface area contributed by atoms with E-state index in [1.807, 2.05) is 6.07 Å². The van der Waals surface area contributed by atoms with Gasteiger partial charge in [0, 0.05) is 17.5 Å². The van der Waals surface area contributed by atoms with Crippen molar-refractivity contribution in [2.75, 3.05) is 6.54 Å². The lowest BCUT2D eigenvalue weighted by atomic mass is 9.81. The van der Waals surface area contributed by atoms with Crippen LogP contribution in [0.2, 0.25) is 0 Å². The van der Waals surface area contributed by atoms with E-state index < -0.39 is 0 Å². The van der Waals surface area contributed by atoms with E-state index in [1.165, 1.54) is 5.56 Å². The van der Waals surface area contributed by atoms with E-state index in [4.69, 9.17) is 5.73 Å². The molecule has 1 aliphatic rings. The zero-order valence-corrected chi connectivity index (χ0v) is 11.3. The molecular formula is C15H23NO. The van der Waals surface area contributed by atoms with Crippen LogP contribution < -0.4 is 5.73 Å². The highest BCUT2D eigenvalue weighted by atomic mass is 16.3. The summed E-state index contributed by atoms with van der Waals surface area (Å²) < 4.78 is 0. The Morgan fingerprint density at radius 3 is 2.29 bits per heavy atom. The molecule has 0 radical (unpaired) electrons. The fourth-order valence-electron chi connectivity index (χ4n) is 2.67. The summed E-state index contributed by atoms with van der Waals surface area (Å²) in [7, 11) is 0. The number of phenols is 1. The van der Waals surface area contributed by atoms with Crippen LogP contribution in [0.15, 0.2) is 12.1 Å². The van der Waals surface area contributed by atoms with Crippen molar-refractivity contribution >= 4 is 0 Å². The summed E-state index contributed by atoms with van der Waals surface area (Å²) in [5.74, 6) is 0.473. The first-order chi connectivity index (χ1) is 7.82. The van der Waals surface area contributed by atoms with Gasteiger partial charge in [-0.05, 0) is 36.3 Å². The minimum atomic E-state index is -0.0305. The Kier molecular flexibility index (Phi) is 2.74. The lowest BCUT2D eigenvalue weighted by molar-refractivity contribution is 0.432. The van der Waals surface area contributed by atoms with Crippen molar-refractivity contribution in [3.05, 3.63) is 28.8 Å². The van der Waals surface area contributed by atoms with Crippen LogP contribution in [-0.2, 0) is 10.8 Å². The molecule has 1 aromatic rings. The monoisotopic (exact) mass is 233 g/mol. The van der Waals surface area contributed by atoms with Gasteiger partial charge in [0.1, 0.15) is 5.75 Å². The van der Waals surface area contributed by atoms with Crippen molar-refractivity contribution < 1.29 is 5.11 Å². The largest absolute Gasteiger partial charge is 0.507 e. The van der Waals surface area contributed by atoms with Crippen molar-refractivity contribution in [3.8, 4) is 5.75 Å². The van der Waals surface area contributed by atoms with E-state index in [-0.39, 0.29) is 10.8 Å². The zero-order chi connectivity index (χ0) is 12.8. The van der Waals surface area contributed by atoms with Crippen LogP contribution in [0.25, 0.3) is 0 Å². The number of rotatable bonds is 2. The molecule has 1 fully saturated rings. The summed E-state index contributed by atoms with van der Waals surface area (Å²) in [6.45, 7) is 9.09. The average molecular weight is 233 g/mol. The van der Waals surface area contributed by atoms with Gasteiger partial charge in [0.2, 0.25) is 0 Å². The smallest absolute Gasteiger partial charge is 0.123 e. The first-order valence-electron chi connectivity index (χ1n) is 6.35. The third-order valence-corrected chi connectivity index (χ3v) is 3.97. The molecule has 1 aromatic carbocycles. The van der Waals surface area contributed by atoms with E-state index in [9.17, 15) is 5.11 Å². The molecule has 3 N–H and O–H groups in total. The molecule has 2 nitrogen and oxygen atoms in total. The second kappa shape index (κ2) is 3.74. The van der Waals surface area contributed by atoms with Gasteiger partial charge >= 0.3 is 0 Å². The van der Waals surface area contributed by atoms with Gasteiger partial charge in [0.25, 0.3) is 0 Å². The van der Waals surface area contributed by atoms with Gasteiger partial charge in [-0.25, -0.2) is 0 Å². The Balaban J connectivity index is 2.60. The SMILES string of the molecule is Cc1ccc(C(C)(C)C)c(O)c1C1(CN)CC1. The van der Waals surface area contributed by atoms with Gasteiger partial charge in [0.15, 0.2) is 0 Å². The maximum absolute atomic E-state index is 10.6. The van der Waals surface area contributed by atoms with Crippen LogP contribution in [0.5, 0.6) is 5.75 Å². The molecule has 0 unspecified atom stereocenters. The van der Waals surface area contributed by atoms with Crippen LogP contribution in [0, 0.1) is 6.92 Å². The minimum absolute atomic E-state index is 0.0305. The molecule has 94 valence electrons. The van der Waals surface area contributed by atoms with Gasteiger partial charge in [-0.3, -0.25) is 0 Å². The van der Waals surface area contributed by atoms with E-state index in [0.29, 0.717) is 12.3 Å². The standard InChI is InChI=1S/C15H23NO/c1-10-5-6-11(14(2,3)4)13(17)12(10)15(9-16)7-8-15/h5-6,17H,7-9,16H2,1-4H3. The Morgan fingerprint density at radius 2 is 1.88 bits per heavy atom. The van der Waals surface area contributed by atoms with E-state index >= 15 is 0 Å². The molecule has 0 amide bonds. The highest BCUT2D eigenvalue weighted by Gasteiger charge is 2.46. The van der Waals surface area contributed by atoms with Crippen LogP contribution in [-0.4, -0.2) is 11.7 Å². The number of hydrogen-bond donors (Lipinski definition) is 2. The number of phenolic OH excluding ortho intramolecular Hbond substituents is 1. The second-order valence-electron chi connectivity index (χ2n) is 6.39. The van der Waals surface area contributed by atoms with Gasteiger partial charge in [-0.15, -0.1) is 0 Å². The number of aryl methyl sites for hydroxylation is 1. The van der Waals surface area contributed by atoms with Crippen LogP contribution in [0.3, 0.4) is 0 Å². The maximum Gasteiger partial charge on any atom is 0.123 e. The molecule has 17 heavy (non-hydrogen) atoms. The average Bonchev–Trinajstić information content (AvgIpc) is 2.96. The van der Waals surface area contributed by atoms with Crippen LogP contribution >= 0.6 is 0 Å². The Morgan fingerprint density at radius 1 is 1.29 bits per heavy atom. The molecule has 0 atom stereocenters. The van der Waals surface area contributed by atoms with Crippen molar-refractivity contribution in [1.29, 1.82) is 0 Å². The summed E-state index contributed by atoms with van der Waals surface area (Å²) in [5.41, 5.74) is 9.19. The molecule has 0 spiro atoms. The Labute approximate surface area is 104 Å². The number of nitrogens with two attached hydrogens (primary N) is 1. The van der Waals surface area contributed by atoms with Gasteiger partial charge in [0.05, 0.1) is 0 Å². The van der Waals surface area contributed by atoms with Crippen molar-refractivity contribution in [1.82, 2.24) is 0 Å². The predicted octanol–water partition coefficient (Wildman–Crippen LogP) is 2.99. The van der Waals surface area contributed by atoms with Crippen LogP contribution in [0.4, 0.5) is 0 Å². The summed E-state index contributed by atoms with van der Waals surface area (Å²) in [5, 5.41) is 10.6. The zero-order valence-electron chi connectivity index (χ0n) is 11.3. The van der Waals surface area contributed by atoms with E-state index in [1.54, 1.807) is 0 Å². The van der Waals surface area contributed by atoms with Gasteiger partial charge in [-0.1, -0.05) is 32.9 Å². The first-order valence-corrected chi connectivity index (χ1v) is 6.35. The van der Waals surface area contributed by atoms with Gasteiger partial charge < -0.3 is 10.8 Å². The highest BCUT2D eigenvalue weighted by Crippen LogP contribution is 2.53. The summed E-state index contributed by atoms with van der Waals surface area (Å²) in [4.78, 5) is 0. The molecule has 2 rings (SSSR count). The quantitative estimate of drug-likeness (QED) is 0.825. The molecule has 2 heteroatoms. The Hall–Kier alpha value is -1.02. The fourth-order valence-corrected chi connectivity index (χ4v) is 2.67. The lowest BCUT2D eigenvalue weighted by Gasteiger charge is -2.26. The molecule has 0 heterocycles. The first kappa shape index (κ1) is 12.4. The highest BCUT2D eigenvalue weighted by molar-refractivity contribution is 5.54. The van der Waals surface area contributed by atoms with Crippen molar-refractivity contribution in [2.24, 2.45) is 5.73 Å². The molecule has 0 aliphatic heterocycles. The predicted molar refractivity (Wildman–Crippen MR) is 71.5 cm³/mol. The normalized spacial score (nSPS) is 18.2. The third-order valence-electron chi connectivity index (χ3n) is 3.97. The fraction of sp³-hybridized carbons (Fsp3) is 0.600. The third kappa shape index (κ3) is 1.95. The topological polar surface area (TPSA) is 46.2 Å². The summed E-state index contributed by atoms with van der Waals surface area (Å²) in [6.07, 6.45) is 2.21. The number of hydrogen-bond acceptors (Lipinski definition) is 2. The molecular weight excluding hydrogens is 210 g/mol. The van der Waals surface area contributed by atoms with E-state index in [2.05, 4.69) is 33.8 Å². The van der Waals surface area contributed by atoms with Crippen molar-refractivity contribution in [2.45, 2.75) is 51.4 Å². The Bertz CT molecular complexity index is 439. The summed E-state index contributed by atoms with van der Waals surface area (Å²) >= 11 is 0. The lowest BCUT2D eigenvalue weighted by Crippen LogP contribution is -2.22. The minimum Gasteiger partial charge on any atom is -0.507 e.